The van der Waals surface area contributed by atoms with Crippen molar-refractivity contribution >= 4 is 33.6 Å². The van der Waals surface area contributed by atoms with Crippen LogP contribution in [0.2, 0.25) is 0 Å². The van der Waals surface area contributed by atoms with E-state index in [1.165, 1.54) is 0 Å². The third-order valence-electron chi connectivity index (χ3n) is 4.45. The number of aromatic amines is 1. The molecular formula is C20H18N4O2. The fourth-order valence-electron chi connectivity index (χ4n) is 3.15. The first-order valence-corrected chi connectivity index (χ1v) is 8.27. The molecule has 2 amide bonds. The molecule has 0 atom stereocenters. The Kier molecular flexibility index (Phi) is 3.73. The summed E-state index contributed by atoms with van der Waals surface area (Å²) in [7, 11) is 1.88. The fraction of sp³-hybridized carbons (Fsp3) is 0.100. The van der Waals surface area contributed by atoms with Crippen LogP contribution in [-0.4, -0.2) is 21.4 Å². The van der Waals surface area contributed by atoms with Gasteiger partial charge >= 0.3 is 0 Å². The minimum Gasteiger partial charge on any atom is -0.350 e. The number of benzene rings is 2. The minimum absolute atomic E-state index is 0.359. The molecule has 26 heavy (non-hydrogen) atoms. The largest absolute Gasteiger partial charge is 0.350 e. The van der Waals surface area contributed by atoms with Crippen LogP contribution < -0.4 is 10.9 Å². The summed E-state index contributed by atoms with van der Waals surface area (Å²) < 4.78 is 1.88. The van der Waals surface area contributed by atoms with Crippen molar-refractivity contribution in [3.05, 3.63) is 71.5 Å². The predicted molar refractivity (Wildman–Crippen MR) is 101 cm³/mol. The van der Waals surface area contributed by atoms with E-state index in [1.807, 2.05) is 61.0 Å². The van der Waals surface area contributed by atoms with E-state index >= 15 is 0 Å². The summed E-state index contributed by atoms with van der Waals surface area (Å²) in [6.07, 6.45) is 1.75. The fourth-order valence-corrected chi connectivity index (χ4v) is 3.15. The van der Waals surface area contributed by atoms with Gasteiger partial charge in [-0.15, -0.1) is 0 Å². The molecule has 130 valence electrons. The van der Waals surface area contributed by atoms with E-state index in [0.29, 0.717) is 11.3 Å². The Morgan fingerprint density at radius 2 is 1.77 bits per heavy atom. The van der Waals surface area contributed by atoms with E-state index in [1.54, 1.807) is 12.3 Å². The molecule has 0 saturated heterocycles. The molecule has 0 saturated carbocycles. The number of aromatic nitrogens is 2. The number of carbonyl (C=O) groups excluding carboxylic acids is 2. The maximum atomic E-state index is 12.5. The summed E-state index contributed by atoms with van der Waals surface area (Å²) in [4.78, 5) is 27.9. The number of hydrogen-bond donors (Lipinski definition) is 3. The highest BCUT2D eigenvalue weighted by molar-refractivity contribution is 6.08. The first kappa shape index (κ1) is 16.0. The van der Waals surface area contributed by atoms with Gasteiger partial charge in [-0.25, -0.2) is 0 Å². The molecule has 0 unspecified atom stereocenters. The van der Waals surface area contributed by atoms with Crippen molar-refractivity contribution in [1.82, 2.24) is 20.4 Å². The van der Waals surface area contributed by atoms with Gasteiger partial charge in [-0.05, 0) is 31.2 Å². The summed E-state index contributed by atoms with van der Waals surface area (Å²) in [5, 5.41) is 1.79. The lowest BCUT2D eigenvalue weighted by Crippen LogP contribution is -2.41. The smallest absolute Gasteiger partial charge is 0.286 e. The number of rotatable bonds is 2. The molecule has 0 fully saturated rings. The van der Waals surface area contributed by atoms with Crippen molar-refractivity contribution in [1.29, 1.82) is 0 Å². The van der Waals surface area contributed by atoms with E-state index in [-0.39, 0.29) is 5.91 Å². The normalized spacial score (nSPS) is 11.0. The summed E-state index contributed by atoms with van der Waals surface area (Å²) in [6.45, 7) is 2.00. The van der Waals surface area contributed by atoms with E-state index in [0.717, 1.165) is 27.4 Å². The standard InChI is InChI=1S/C20H18N4O2/c1-12-7-8-16-13(9-12)10-17(21-16)20(26)23-22-19(25)15-11-24(2)18-6-4-3-5-14(15)18/h3-11,21H,1-2H3,(H,22,25)(H,23,26). The monoisotopic (exact) mass is 346 g/mol. The van der Waals surface area contributed by atoms with E-state index < -0.39 is 5.91 Å². The van der Waals surface area contributed by atoms with Gasteiger partial charge in [0.05, 0.1) is 5.56 Å². The summed E-state index contributed by atoms with van der Waals surface area (Å²) in [5.74, 6) is -0.755. The molecule has 0 spiro atoms. The molecule has 2 heterocycles. The second-order valence-electron chi connectivity index (χ2n) is 6.35. The molecule has 0 aliphatic rings. The highest BCUT2D eigenvalue weighted by Gasteiger charge is 2.15. The Morgan fingerprint density at radius 3 is 2.62 bits per heavy atom. The van der Waals surface area contributed by atoms with E-state index in [2.05, 4.69) is 15.8 Å². The quantitative estimate of drug-likeness (QED) is 0.488. The molecule has 4 aromatic rings. The van der Waals surface area contributed by atoms with Crippen LogP contribution in [0.5, 0.6) is 0 Å². The zero-order chi connectivity index (χ0) is 18.3. The first-order valence-electron chi connectivity index (χ1n) is 8.27. The van der Waals surface area contributed by atoms with Crippen molar-refractivity contribution in [2.45, 2.75) is 6.92 Å². The van der Waals surface area contributed by atoms with Crippen molar-refractivity contribution in [2.75, 3.05) is 0 Å². The third kappa shape index (κ3) is 2.71. The lowest BCUT2D eigenvalue weighted by Gasteiger charge is -2.05. The number of hydrogen-bond acceptors (Lipinski definition) is 2. The van der Waals surface area contributed by atoms with Gasteiger partial charge in [0.1, 0.15) is 5.69 Å². The summed E-state index contributed by atoms with van der Waals surface area (Å²) in [6, 6.07) is 15.3. The SMILES string of the molecule is Cc1ccc2[nH]c(C(=O)NNC(=O)c3cn(C)c4ccccc34)cc2c1. The predicted octanol–water partition coefficient (Wildman–Crippen LogP) is 3.04. The average Bonchev–Trinajstić information content (AvgIpc) is 3.21. The first-order chi connectivity index (χ1) is 12.5. The van der Waals surface area contributed by atoms with Crippen LogP contribution in [0.15, 0.2) is 54.7 Å². The molecule has 4 rings (SSSR count). The van der Waals surface area contributed by atoms with Crippen LogP contribution in [-0.2, 0) is 7.05 Å². The molecule has 2 aromatic heterocycles. The molecule has 0 aliphatic heterocycles. The van der Waals surface area contributed by atoms with Gasteiger partial charge in [0.25, 0.3) is 11.8 Å². The van der Waals surface area contributed by atoms with Gasteiger partial charge in [0.2, 0.25) is 0 Å². The number of nitrogens with zero attached hydrogens (tertiary/aromatic N) is 1. The maximum absolute atomic E-state index is 12.5. The van der Waals surface area contributed by atoms with Gasteiger partial charge in [0.15, 0.2) is 0 Å². The van der Waals surface area contributed by atoms with Crippen molar-refractivity contribution in [3.63, 3.8) is 0 Å². The molecule has 2 aromatic carbocycles. The van der Waals surface area contributed by atoms with Crippen LogP contribution in [0.3, 0.4) is 0 Å². The molecule has 3 N–H and O–H groups in total. The Hall–Kier alpha value is -3.54. The number of para-hydroxylation sites is 1. The Morgan fingerprint density at radius 1 is 1.00 bits per heavy atom. The molecule has 6 heteroatoms. The number of H-pyrrole nitrogens is 1. The number of hydrazine groups is 1. The topological polar surface area (TPSA) is 78.9 Å². The van der Waals surface area contributed by atoms with Gasteiger partial charge in [-0.3, -0.25) is 20.4 Å². The lowest BCUT2D eigenvalue weighted by molar-refractivity contribution is 0.0845. The van der Waals surface area contributed by atoms with Gasteiger partial charge < -0.3 is 9.55 Å². The van der Waals surface area contributed by atoms with Crippen LogP contribution in [0.1, 0.15) is 26.4 Å². The Balaban J connectivity index is 1.52. The second-order valence-corrected chi connectivity index (χ2v) is 6.35. The van der Waals surface area contributed by atoms with Crippen LogP contribution in [0.25, 0.3) is 21.8 Å². The molecular weight excluding hydrogens is 328 g/mol. The van der Waals surface area contributed by atoms with Crippen LogP contribution in [0, 0.1) is 6.92 Å². The van der Waals surface area contributed by atoms with Crippen molar-refractivity contribution < 1.29 is 9.59 Å². The third-order valence-corrected chi connectivity index (χ3v) is 4.45. The van der Waals surface area contributed by atoms with Crippen LogP contribution in [0.4, 0.5) is 0 Å². The maximum Gasteiger partial charge on any atom is 0.286 e. The van der Waals surface area contributed by atoms with Crippen molar-refractivity contribution in [2.24, 2.45) is 7.05 Å². The molecule has 0 bridgehead atoms. The molecule has 0 radical (unpaired) electrons. The minimum atomic E-state index is -0.396. The van der Waals surface area contributed by atoms with Crippen molar-refractivity contribution in [3.8, 4) is 0 Å². The zero-order valence-electron chi connectivity index (χ0n) is 14.5. The van der Waals surface area contributed by atoms with E-state index in [4.69, 9.17) is 0 Å². The number of carbonyl (C=O) groups is 2. The van der Waals surface area contributed by atoms with Gasteiger partial charge in [-0.1, -0.05) is 29.8 Å². The summed E-state index contributed by atoms with van der Waals surface area (Å²) in [5.41, 5.74) is 8.80. The highest BCUT2D eigenvalue weighted by atomic mass is 16.2. The summed E-state index contributed by atoms with van der Waals surface area (Å²) >= 11 is 0. The zero-order valence-corrected chi connectivity index (χ0v) is 14.5. The molecule has 6 nitrogen and oxygen atoms in total. The second kappa shape index (κ2) is 6.07. The number of fused-ring (bicyclic) bond motifs is 2. The Bertz CT molecular complexity index is 1150. The number of amides is 2. The van der Waals surface area contributed by atoms with Gasteiger partial charge in [0, 0.05) is 35.1 Å². The average molecular weight is 346 g/mol. The molecule has 0 aliphatic carbocycles. The van der Waals surface area contributed by atoms with Gasteiger partial charge in [-0.2, -0.15) is 0 Å². The Labute approximate surface area is 149 Å². The number of nitrogens with one attached hydrogen (secondary N) is 3. The van der Waals surface area contributed by atoms with Crippen LogP contribution >= 0.6 is 0 Å². The van der Waals surface area contributed by atoms with E-state index in [9.17, 15) is 9.59 Å². The highest BCUT2D eigenvalue weighted by Crippen LogP contribution is 2.20. The number of aryl methyl sites for hydroxylation is 2. The lowest BCUT2D eigenvalue weighted by atomic mass is 10.2.